The first kappa shape index (κ1) is 22.0. The van der Waals surface area contributed by atoms with Crippen LogP contribution in [-0.2, 0) is 4.79 Å². The topological polar surface area (TPSA) is 32.3 Å². The smallest absolute Gasteiger partial charge is 0.279 e. The SMILES string of the molecule is Cc1ccc(Cl)cc1NC1=C2C[C@@H](C(C)(C)C)CC=C2N(c2cc(Cl)ccc2C)C1=O. The minimum Gasteiger partial charge on any atom is -0.350 e. The number of halogens is 2. The van der Waals surface area contributed by atoms with Crippen LogP contribution >= 0.6 is 23.2 Å². The van der Waals surface area contributed by atoms with Crippen molar-refractivity contribution in [2.75, 3.05) is 10.2 Å². The van der Waals surface area contributed by atoms with Gasteiger partial charge in [-0.25, -0.2) is 0 Å². The van der Waals surface area contributed by atoms with E-state index in [1.165, 1.54) is 0 Å². The second-order valence-corrected chi connectivity index (χ2v) is 10.5. The molecule has 1 amide bonds. The standard InChI is InChI=1S/C26H28Cl2N2O/c1-15-6-9-18(27)13-21(15)29-24-20-12-17(26(3,4)5)8-11-22(20)30(25(24)31)23-14-19(28)10-7-16(23)2/h6-7,9-11,13-14,17,29H,8,12H2,1-5H3/t17-/m0/s1. The molecule has 0 saturated heterocycles. The molecule has 2 aliphatic rings. The summed E-state index contributed by atoms with van der Waals surface area (Å²) in [6.45, 7) is 10.8. The zero-order chi connectivity index (χ0) is 22.5. The van der Waals surface area contributed by atoms with Gasteiger partial charge >= 0.3 is 0 Å². The molecule has 2 aromatic rings. The molecule has 0 fully saturated rings. The summed E-state index contributed by atoms with van der Waals surface area (Å²) in [4.78, 5) is 15.6. The summed E-state index contributed by atoms with van der Waals surface area (Å²) in [7, 11) is 0. The summed E-state index contributed by atoms with van der Waals surface area (Å²) in [5, 5.41) is 4.69. The number of nitrogens with one attached hydrogen (secondary N) is 1. The van der Waals surface area contributed by atoms with E-state index in [9.17, 15) is 4.79 Å². The Morgan fingerprint density at radius 1 is 1.00 bits per heavy atom. The van der Waals surface area contributed by atoms with Crippen molar-refractivity contribution >= 4 is 40.5 Å². The first-order valence-electron chi connectivity index (χ1n) is 10.6. The molecular formula is C26H28Cl2N2O. The van der Waals surface area contributed by atoms with Crippen molar-refractivity contribution in [3.8, 4) is 0 Å². The van der Waals surface area contributed by atoms with E-state index in [0.717, 1.165) is 46.6 Å². The van der Waals surface area contributed by atoms with Gasteiger partial charge < -0.3 is 5.32 Å². The molecule has 0 bridgehead atoms. The maximum absolute atomic E-state index is 13.8. The minimum absolute atomic E-state index is 0.0550. The van der Waals surface area contributed by atoms with Crippen LogP contribution in [0.3, 0.4) is 0 Å². The molecule has 1 atom stereocenters. The van der Waals surface area contributed by atoms with Gasteiger partial charge in [-0.05, 0) is 73.4 Å². The number of amides is 1. The molecule has 1 aliphatic heterocycles. The fourth-order valence-corrected chi connectivity index (χ4v) is 4.67. The van der Waals surface area contributed by atoms with E-state index in [1.54, 1.807) is 0 Å². The number of carbonyl (C=O) groups is 1. The molecule has 162 valence electrons. The molecule has 4 rings (SSSR count). The lowest BCUT2D eigenvalue weighted by Crippen LogP contribution is -2.29. The van der Waals surface area contributed by atoms with Crippen LogP contribution < -0.4 is 10.2 Å². The number of carbonyl (C=O) groups excluding carboxylic acids is 1. The van der Waals surface area contributed by atoms with Crippen LogP contribution in [0.4, 0.5) is 11.4 Å². The van der Waals surface area contributed by atoms with E-state index in [0.29, 0.717) is 21.7 Å². The highest BCUT2D eigenvalue weighted by Crippen LogP contribution is 2.47. The summed E-state index contributed by atoms with van der Waals surface area (Å²) in [5.41, 5.74) is 6.54. The van der Waals surface area contributed by atoms with Gasteiger partial charge in [0, 0.05) is 21.3 Å². The van der Waals surface area contributed by atoms with Crippen molar-refractivity contribution in [1.82, 2.24) is 0 Å². The molecule has 3 nitrogen and oxygen atoms in total. The number of hydrogen-bond acceptors (Lipinski definition) is 2. The largest absolute Gasteiger partial charge is 0.350 e. The normalized spacial score (nSPS) is 18.9. The minimum atomic E-state index is -0.0550. The third-order valence-electron chi connectivity index (χ3n) is 6.41. The lowest BCUT2D eigenvalue weighted by atomic mass is 9.72. The second kappa shape index (κ2) is 8.03. The van der Waals surface area contributed by atoms with Crippen molar-refractivity contribution in [3.63, 3.8) is 0 Å². The number of fused-ring (bicyclic) bond motifs is 1. The third-order valence-corrected chi connectivity index (χ3v) is 6.88. The Morgan fingerprint density at radius 2 is 1.65 bits per heavy atom. The monoisotopic (exact) mass is 454 g/mol. The van der Waals surface area contributed by atoms with Gasteiger partial charge in [-0.15, -0.1) is 0 Å². The molecular weight excluding hydrogens is 427 g/mol. The predicted octanol–water partition coefficient (Wildman–Crippen LogP) is 7.66. The molecule has 1 aliphatic carbocycles. The lowest BCUT2D eigenvalue weighted by Gasteiger charge is -2.34. The maximum atomic E-state index is 13.8. The number of benzene rings is 2. The quantitative estimate of drug-likeness (QED) is 0.515. The van der Waals surface area contributed by atoms with Crippen LogP contribution in [0.2, 0.25) is 10.0 Å². The first-order valence-corrected chi connectivity index (χ1v) is 11.4. The number of aryl methyl sites for hydroxylation is 2. The van der Waals surface area contributed by atoms with Gasteiger partial charge in [-0.1, -0.05) is 62.2 Å². The maximum Gasteiger partial charge on any atom is 0.279 e. The molecule has 1 heterocycles. The number of nitrogens with zero attached hydrogens (tertiary/aromatic N) is 1. The van der Waals surface area contributed by atoms with E-state index in [2.05, 4.69) is 32.2 Å². The summed E-state index contributed by atoms with van der Waals surface area (Å²) >= 11 is 12.5. The predicted molar refractivity (Wildman–Crippen MR) is 131 cm³/mol. The van der Waals surface area contributed by atoms with Crippen LogP contribution in [0.15, 0.2) is 59.4 Å². The first-order chi connectivity index (χ1) is 14.6. The third kappa shape index (κ3) is 4.14. The Kier molecular flexibility index (Phi) is 5.70. The van der Waals surface area contributed by atoms with E-state index >= 15 is 0 Å². The average molecular weight is 455 g/mol. The van der Waals surface area contributed by atoms with E-state index in [1.807, 2.05) is 55.1 Å². The number of rotatable bonds is 3. The molecule has 2 aromatic carbocycles. The molecule has 0 radical (unpaired) electrons. The Hall–Kier alpha value is -2.23. The van der Waals surface area contributed by atoms with Crippen LogP contribution in [0.25, 0.3) is 0 Å². The van der Waals surface area contributed by atoms with Gasteiger partial charge in [0.15, 0.2) is 0 Å². The van der Waals surface area contributed by atoms with E-state index in [4.69, 9.17) is 23.2 Å². The highest BCUT2D eigenvalue weighted by molar-refractivity contribution is 6.31. The summed E-state index contributed by atoms with van der Waals surface area (Å²) in [6, 6.07) is 11.4. The lowest BCUT2D eigenvalue weighted by molar-refractivity contribution is -0.114. The van der Waals surface area contributed by atoms with E-state index in [-0.39, 0.29) is 11.3 Å². The fraction of sp³-hybridized carbons (Fsp3) is 0.346. The number of anilines is 2. The molecule has 31 heavy (non-hydrogen) atoms. The van der Waals surface area contributed by atoms with Crippen LogP contribution in [0.5, 0.6) is 0 Å². The average Bonchev–Trinajstić information content (AvgIpc) is 2.97. The van der Waals surface area contributed by atoms with Gasteiger partial charge in [0.25, 0.3) is 5.91 Å². The van der Waals surface area contributed by atoms with E-state index < -0.39 is 0 Å². The molecule has 5 heteroatoms. The Labute approximate surface area is 194 Å². The number of hydrogen-bond donors (Lipinski definition) is 1. The van der Waals surface area contributed by atoms with Gasteiger partial charge in [0.05, 0.1) is 11.4 Å². The fourth-order valence-electron chi connectivity index (χ4n) is 4.33. The summed E-state index contributed by atoms with van der Waals surface area (Å²) < 4.78 is 0. The van der Waals surface area contributed by atoms with Crippen molar-refractivity contribution in [3.05, 3.63) is 80.6 Å². The number of allylic oxidation sites excluding steroid dienone is 2. The Balaban J connectivity index is 1.84. The molecule has 1 N–H and O–H groups in total. The van der Waals surface area contributed by atoms with Gasteiger partial charge in [-0.2, -0.15) is 0 Å². The van der Waals surface area contributed by atoms with Crippen LogP contribution in [0.1, 0.15) is 44.7 Å². The highest BCUT2D eigenvalue weighted by atomic mass is 35.5. The van der Waals surface area contributed by atoms with Crippen LogP contribution in [0, 0.1) is 25.2 Å². The Bertz CT molecular complexity index is 1120. The molecule has 0 spiro atoms. The van der Waals surface area contributed by atoms with Crippen molar-refractivity contribution in [2.45, 2.75) is 47.5 Å². The second-order valence-electron chi connectivity index (χ2n) is 9.60. The molecule has 0 saturated carbocycles. The van der Waals surface area contributed by atoms with Gasteiger partial charge in [-0.3, -0.25) is 9.69 Å². The molecule has 0 unspecified atom stereocenters. The van der Waals surface area contributed by atoms with Crippen molar-refractivity contribution in [1.29, 1.82) is 0 Å². The zero-order valence-corrected chi connectivity index (χ0v) is 20.2. The Morgan fingerprint density at radius 3 is 2.32 bits per heavy atom. The highest BCUT2D eigenvalue weighted by Gasteiger charge is 2.41. The summed E-state index contributed by atoms with van der Waals surface area (Å²) in [6.07, 6.45) is 4.00. The van der Waals surface area contributed by atoms with Crippen LogP contribution in [-0.4, -0.2) is 5.91 Å². The van der Waals surface area contributed by atoms with Gasteiger partial charge in [0.2, 0.25) is 0 Å². The summed E-state index contributed by atoms with van der Waals surface area (Å²) in [5.74, 6) is 0.400. The van der Waals surface area contributed by atoms with Crippen molar-refractivity contribution in [2.24, 2.45) is 11.3 Å². The van der Waals surface area contributed by atoms with Gasteiger partial charge in [0.1, 0.15) is 5.70 Å². The van der Waals surface area contributed by atoms with Crippen molar-refractivity contribution < 1.29 is 4.79 Å². The zero-order valence-electron chi connectivity index (χ0n) is 18.6. The molecule has 0 aromatic heterocycles.